The maximum absolute atomic E-state index is 14.7. The molecule has 11 heteroatoms. The second-order valence-corrected chi connectivity index (χ2v) is 14.2. The number of hydrogen-bond donors (Lipinski definition) is 1. The lowest BCUT2D eigenvalue weighted by molar-refractivity contribution is -0.140. The molecule has 0 unspecified atom stereocenters. The molecule has 0 aliphatic heterocycles. The predicted octanol–water partition coefficient (Wildman–Crippen LogP) is 6.33. The van der Waals surface area contributed by atoms with Crippen molar-refractivity contribution in [3.8, 4) is 11.5 Å². The van der Waals surface area contributed by atoms with E-state index in [1.807, 2.05) is 70.2 Å². The third-order valence-electron chi connectivity index (χ3n) is 7.66. The molecular formula is C37H42ClN3O6S. The molecule has 0 spiro atoms. The number of nitrogens with zero attached hydrogens (tertiary/aromatic N) is 2. The summed E-state index contributed by atoms with van der Waals surface area (Å²) in [5.41, 5.74) is 3.48. The lowest BCUT2D eigenvalue weighted by Crippen LogP contribution is -2.54. The van der Waals surface area contributed by atoms with E-state index in [0.717, 1.165) is 21.0 Å². The van der Waals surface area contributed by atoms with Gasteiger partial charge in [-0.25, -0.2) is 8.42 Å². The molecule has 4 rings (SSSR count). The molecule has 0 fully saturated rings. The summed E-state index contributed by atoms with van der Waals surface area (Å²) in [7, 11) is -1.47. The van der Waals surface area contributed by atoms with Crippen LogP contribution in [0.3, 0.4) is 0 Å². The zero-order valence-corrected chi connectivity index (χ0v) is 29.6. The van der Waals surface area contributed by atoms with Crippen LogP contribution in [0.15, 0.2) is 95.9 Å². The Morgan fingerprint density at radius 2 is 1.46 bits per heavy atom. The molecule has 0 heterocycles. The van der Waals surface area contributed by atoms with Crippen LogP contribution >= 0.6 is 11.6 Å². The summed E-state index contributed by atoms with van der Waals surface area (Å²) in [5, 5.41) is 3.43. The molecule has 0 aliphatic rings. The highest BCUT2D eigenvalue weighted by Crippen LogP contribution is 2.33. The Kier molecular flexibility index (Phi) is 12.1. The summed E-state index contributed by atoms with van der Waals surface area (Å²) in [6, 6.07) is 24.9. The molecule has 0 aliphatic carbocycles. The maximum atomic E-state index is 14.7. The normalized spacial score (nSPS) is 11.9. The Morgan fingerprint density at radius 1 is 0.812 bits per heavy atom. The summed E-state index contributed by atoms with van der Waals surface area (Å²) in [6.07, 6.45) is 0.206. The van der Waals surface area contributed by atoms with E-state index in [1.165, 1.54) is 37.3 Å². The second-order valence-electron chi connectivity index (χ2n) is 11.9. The molecule has 48 heavy (non-hydrogen) atoms. The SMILES string of the molecule is COc1ccc(S(=O)(=O)N(CC(=O)N(Cc2cccc(Cl)c2)[C@@H](Cc2ccccc2)C(=O)NC(C)C)c2cc(C)cc(C)c2)cc1OC. The first kappa shape index (κ1) is 36.3. The van der Waals surface area contributed by atoms with Gasteiger partial charge in [-0.3, -0.25) is 13.9 Å². The van der Waals surface area contributed by atoms with Crippen molar-refractivity contribution in [1.82, 2.24) is 10.2 Å². The molecule has 254 valence electrons. The van der Waals surface area contributed by atoms with Gasteiger partial charge >= 0.3 is 0 Å². The fourth-order valence-electron chi connectivity index (χ4n) is 5.49. The Bertz CT molecular complexity index is 1830. The predicted molar refractivity (Wildman–Crippen MR) is 189 cm³/mol. The van der Waals surface area contributed by atoms with Gasteiger partial charge in [0.25, 0.3) is 10.0 Å². The van der Waals surface area contributed by atoms with Gasteiger partial charge in [0.2, 0.25) is 11.8 Å². The molecule has 1 N–H and O–H groups in total. The van der Waals surface area contributed by atoms with Gasteiger partial charge in [-0.2, -0.15) is 0 Å². The number of ether oxygens (including phenoxy) is 2. The maximum Gasteiger partial charge on any atom is 0.264 e. The number of nitrogens with one attached hydrogen (secondary N) is 1. The number of sulfonamides is 1. The third kappa shape index (κ3) is 9.08. The third-order valence-corrected chi connectivity index (χ3v) is 9.67. The summed E-state index contributed by atoms with van der Waals surface area (Å²) in [6.45, 7) is 6.84. The molecule has 0 saturated carbocycles. The number of anilines is 1. The van der Waals surface area contributed by atoms with Crippen molar-refractivity contribution in [3.05, 3.63) is 118 Å². The molecule has 9 nitrogen and oxygen atoms in total. The van der Waals surface area contributed by atoms with E-state index in [9.17, 15) is 18.0 Å². The summed E-state index contributed by atoms with van der Waals surface area (Å²) >= 11 is 6.33. The average Bonchev–Trinajstić information content (AvgIpc) is 3.04. The van der Waals surface area contributed by atoms with E-state index in [1.54, 1.807) is 30.3 Å². The summed E-state index contributed by atoms with van der Waals surface area (Å²) < 4.78 is 40.8. The highest BCUT2D eigenvalue weighted by Gasteiger charge is 2.35. The highest BCUT2D eigenvalue weighted by atomic mass is 35.5. The van der Waals surface area contributed by atoms with Crippen molar-refractivity contribution in [2.24, 2.45) is 0 Å². The van der Waals surface area contributed by atoms with Gasteiger partial charge in [-0.15, -0.1) is 0 Å². The lowest BCUT2D eigenvalue weighted by Gasteiger charge is -2.34. The van der Waals surface area contributed by atoms with Crippen LogP contribution in [0.5, 0.6) is 11.5 Å². The van der Waals surface area contributed by atoms with E-state index in [0.29, 0.717) is 22.0 Å². The molecular weight excluding hydrogens is 650 g/mol. The van der Waals surface area contributed by atoms with E-state index < -0.39 is 28.5 Å². The largest absolute Gasteiger partial charge is 0.493 e. The summed E-state index contributed by atoms with van der Waals surface area (Å²) in [5.74, 6) is -0.345. The van der Waals surface area contributed by atoms with Crippen LogP contribution in [0.2, 0.25) is 5.02 Å². The van der Waals surface area contributed by atoms with Gasteiger partial charge in [0.05, 0.1) is 24.8 Å². The number of methoxy groups -OCH3 is 2. The Balaban J connectivity index is 1.86. The zero-order chi connectivity index (χ0) is 35.0. The Labute approximate surface area is 288 Å². The smallest absolute Gasteiger partial charge is 0.264 e. The van der Waals surface area contributed by atoms with Crippen LogP contribution in [0, 0.1) is 13.8 Å². The van der Waals surface area contributed by atoms with Crippen molar-refractivity contribution in [2.75, 3.05) is 25.1 Å². The summed E-state index contributed by atoms with van der Waals surface area (Å²) in [4.78, 5) is 29.9. The minimum absolute atomic E-state index is 0.0134. The van der Waals surface area contributed by atoms with E-state index in [-0.39, 0.29) is 35.6 Å². The van der Waals surface area contributed by atoms with Crippen LogP contribution in [0.25, 0.3) is 0 Å². The van der Waals surface area contributed by atoms with E-state index in [2.05, 4.69) is 5.32 Å². The van der Waals surface area contributed by atoms with Gasteiger partial charge in [-0.1, -0.05) is 60.1 Å². The van der Waals surface area contributed by atoms with Crippen LogP contribution in [-0.4, -0.2) is 58.0 Å². The standard InChI is InChI=1S/C37H42ClN3O6S/c1-25(2)39-37(43)33(21-28-11-8-7-9-12-28)40(23-29-13-10-14-30(38)20-29)36(42)24-41(31-18-26(3)17-27(4)19-31)48(44,45)32-15-16-34(46-5)35(22-32)47-6/h7-20,22,25,33H,21,23-24H2,1-6H3,(H,39,43)/t33-/m0/s1. The number of carbonyl (C=O) groups excluding carboxylic acids is 2. The first-order valence-corrected chi connectivity index (χ1v) is 17.4. The fraction of sp³-hybridized carbons (Fsp3) is 0.297. The van der Waals surface area contributed by atoms with Crippen LogP contribution in [0.4, 0.5) is 5.69 Å². The van der Waals surface area contributed by atoms with Crippen molar-refractivity contribution in [3.63, 3.8) is 0 Å². The van der Waals surface area contributed by atoms with Gasteiger partial charge in [0.1, 0.15) is 12.6 Å². The van der Waals surface area contributed by atoms with Crippen molar-refractivity contribution < 1.29 is 27.5 Å². The van der Waals surface area contributed by atoms with Gasteiger partial charge < -0.3 is 19.7 Å². The number of benzene rings is 4. The molecule has 1 atom stereocenters. The van der Waals surface area contributed by atoms with Crippen LogP contribution in [0.1, 0.15) is 36.1 Å². The molecule has 4 aromatic carbocycles. The molecule has 0 bridgehead atoms. The minimum Gasteiger partial charge on any atom is -0.493 e. The number of aryl methyl sites for hydroxylation is 2. The van der Waals surface area contributed by atoms with Crippen molar-refractivity contribution in [1.29, 1.82) is 0 Å². The van der Waals surface area contributed by atoms with Crippen molar-refractivity contribution in [2.45, 2.75) is 57.6 Å². The molecule has 0 radical (unpaired) electrons. The number of carbonyl (C=O) groups is 2. The quantitative estimate of drug-likeness (QED) is 0.166. The van der Waals surface area contributed by atoms with Crippen LogP contribution in [-0.2, 0) is 32.6 Å². The number of amides is 2. The molecule has 0 aromatic heterocycles. The Hall–Kier alpha value is -4.54. The fourth-order valence-corrected chi connectivity index (χ4v) is 7.12. The van der Waals surface area contributed by atoms with Crippen molar-refractivity contribution >= 4 is 39.1 Å². The van der Waals surface area contributed by atoms with Gasteiger partial charge in [0.15, 0.2) is 11.5 Å². The highest BCUT2D eigenvalue weighted by molar-refractivity contribution is 7.92. The second kappa shape index (κ2) is 16.0. The first-order chi connectivity index (χ1) is 22.8. The number of hydrogen-bond acceptors (Lipinski definition) is 6. The lowest BCUT2D eigenvalue weighted by atomic mass is 10.0. The number of rotatable bonds is 14. The molecule has 2 amide bonds. The number of halogens is 1. The first-order valence-electron chi connectivity index (χ1n) is 15.5. The monoisotopic (exact) mass is 691 g/mol. The zero-order valence-electron chi connectivity index (χ0n) is 28.1. The topological polar surface area (TPSA) is 105 Å². The average molecular weight is 692 g/mol. The van der Waals surface area contributed by atoms with Gasteiger partial charge in [0, 0.05) is 30.1 Å². The Morgan fingerprint density at radius 3 is 2.06 bits per heavy atom. The van der Waals surface area contributed by atoms with Crippen LogP contribution < -0.4 is 19.1 Å². The minimum atomic E-state index is -4.35. The van der Waals surface area contributed by atoms with E-state index in [4.69, 9.17) is 21.1 Å². The van der Waals surface area contributed by atoms with E-state index >= 15 is 0 Å². The van der Waals surface area contributed by atoms with Gasteiger partial charge in [-0.05, 0) is 86.3 Å². The molecule has 4 aromatic rings. The molecule has 0 saturated heterocycles.